The number of rotatable bonds is 5. The highest BCUT2D eigenvalue weighted by molar-refractivity contribution is 7.92. The summed E-state index contributed by atoms with van der Waals surface area (Å²) in [5, 5.41) is 41.6. The van der Waals surface area contributed by atoms with Crippen molar-refractivity contribution in [3.63, 3.8) is 0 Å². The second-order valence-electron chi connectivity index (χ2n) is 7.79. The van der Waals surface area contributed by atoms with E-state index >= 15 is 0 Å². The van der Waals surface area contributed by atoms with Crippen LogP contribution in [0.3, 0.4) is 0 Å². The van der Waals surface area contributed by atoms with Gasteiger partial charge >= 0.3 is 6.01 Å². The second kappa shape index (κ2) is 8.41. The fraction of sp³-hybridized carbons (Fsp3) is 0.333. The van der Waals surface area contributed by atoms with E-state index in [1.807, 2.05) is 13.8 Å². The Bertz CT molecular complexity index is 1250. The zero-order valence-electron chi connectivity index (χ0n) is 17.6. The van der Waals surface area contributed by atoms with Crippen molar-refractivity contribution in [3.8, 4) is 34.6 Å². The van der Waals surface area contributed by atoms with Gasteiger partial charge in [0, 0.05) is 19.2 Å². The maximum Gasteiger partial charge on any atom is 0.319 e. The molecule has 0 amide bonds. The highest BCUT2D eigenvalue weighted by Gasteiger charge is 2.30. The topological polar surface area (TPSA) is 147 Å². The van der Waals surface area contributed by atoms with Gasteiger partial charge in [0.1, 0.15) is 11.5 Å². The van der Waals surface area contributed by atoms with Gasteiger partial charge in [0.25, 0.3) is 0 Å². The molecule has 2 heterocycles. The molecule has 1 atom stereocenters. The molecule has 10 nitrogen and oxygen atoms in total. The lowest BCUT2D eigenvalue weighted by Crippen LogP contribution is -2.43. The molecule has 1 unspecified atom stereocenters. The average molecular weight is 461 g/mol. The third kappa shape index (κ3) is 3.90. The number of sulfone groups is 1. The van der Waals surface area contributed by atoms with Gasteiger partial charge in [-0.3, -0.25) is 0 Å². The third-order valence-corrected chi connectivity index (χ3v) is 7.20. The number of nitrogens with zero attached hydrogens (tertiary/aromatic N) is 3. The number of aromatic hydroxyl groups is 3. The van der Waals surface area contributed by atoms with Crippen LogP contribution in [-0.2, 0) is 14.6 Å². The van der Waals surface area contributed by atoms with E-state index in [9.17, 15) is 23.7 Å². The summed E-state index contributed by atoms with van der Waals surface area (Å²) in [4.78, 5) is 0.0144. The van der Waals surface area contributed by atoms with Crippen molar-refractivity contribution in [2.24, 2.45) is 0 Å². The molecular formula is C21H24N4O6S. The highest BCUT2D eigenvalue weighted by Crippen LogP contribution is 2.39. The monoisotopic (exact) mass is 460 g/mol. The van der Waals surface area contributed by atoms with Gasteiger partial charge in [-0.2, -0.15) is 0 Å². The standard InChI is InChI=1S/C21H24N4O6S/c1-12(2)15-9-16(18(27)10-17(15)26)20-23-24-21(28)25(20)13-4-3-5-14(8-13)32(29,30)19-11-22-6-7-31-19/h3-5,8-10,12,19,22,26-27H,6-7,11H2,1-2H3,(H,24,28). The summed E-state index contributed by atoms with van der Waals surface area (Å²) in [5.41, 5.74) is 0.0682. The molecular weight excluding hydrogens is 436 g/mol. The van der Waals surface area contributed by atoms with Gasteiger partial charge in [0.05, 0.1) is 22.8 Å². The molecule has 0 radical (unpaired) electrons. The number of hydrogen-bond acceptors (Lipinski definition) is 9. The number of ether oxygens (including phenoxy) is 1. The lowest BCUT2D eigenvalue weighted by Gasteiger charge is -2.23. The molecule has 4 rings (SSSR count). The summed E-state index contributed by atoms with van der Waals surface area (Å²) in [6.07, 6.45) is 0. The third-order valence-electron chi connectivity index (χ3n) is 5.30. The summed E-state index contributed by atoms with van der Waals surface area (Å²) < 4.78 is 32.7. The zero-order chi connectivity index (χ0) is 23.0. The minimum Gasteiger partial charge on any atom is -0.508 e. The van der Waals surface area contributed by atoms with Crippen molar-refractivity contribution in [2.75, 3.05) is 19.7 Å². The molecule has 11 heteroatoms. The number of nitrogens with one attached hydrogen (secondary N) is 1. The van der Waals surface area contributed by atoms with Crippen molar-refractivity contribution < 1.29 is 28.5 Å². The predicted octanol–water partition coefficient (Wildman–Crippen LogP) is 1.89. The molecule has 4 N–H and O–H groups in total. The zero-order valence-corrected chi connectivity index (χ0v) is 18.4. The average Bonchev–Trinajstić information content (AvgIpc) is 3.15. The van der Waals surface area contributed by atoms with E-state index in [1.165, 1.54) is 28.8 Å². The molecule has 1 aliphatic rings. The Labute approximate surface area is 185 Å². The van der Waals surface area contributed by atoms with E-state index in [1.54, 1.807) is 12.1 Å². The normalized spacial score (nSPS) is 17.0. The molecule has 0 aliphatic carbocycles. The van der Waals surface area contributed by atoms with Crippen LogP contribution in [0, 0.1) is 0 Å². The molecule has 1 aromatic heterocycles. The molecule has 3 aromatic rings. The first-order valence-electron chi connectivity index (χ1n) is 10.1. The minimum atomic E-state index is -3.80. The van der Waals surface area contributed by atoms with E-state index in [0.717, 1.165) is 0 Å². The number of phenolic OH excluding ortho intramolecular Hbond substituents is 2. The summed E-state index contributed by atoms with van der Waals surface area (Å²) in [7, 11) is -3.80. The maximum absolute atomic E-state index is 13.0. The van der Waals surface area contributed by atoms with Crippen molar-refractivity contribution in [1.82, 2.24) is 20.1 Å². The largest absolute Gasteiger partial charge is 0.508 e. The lowest BCUT2D eigenvalue weighted by molar-refractivity contribution is 0.0785. The first-order valence-corrected chi connectivity index (χ1v) is 11.6. The Balaban J connectivity index is 1.82. The molecule has 0 spiro atoms. The number of aromatic nitrogens is 3. The molecule has 1 fully saturated rings. The Morgan fingerprint density at radius 1 is 1.12 bits per heavy atom. The number of benzene rings is 2. The quantitative estimate of drug-likeness (QED) is 0.448. The number of hydrogen-bond donors (Lipinski definition) is 4. The lowest BCUT2D eigenvalue weighted by atomic mass is 9.98. The van der Waals surface area contributed by atoms with Crippen LogP contribution in [0.5, 0.6) is 17.5 Å². The smallest absolute Gasteiger partial charge is 0.319 e. The molecule has 1 saturated heterocycles. The van der Waals surface area contributed by atoms with E-state index in [4.69, 9.17) is 4.74 Å². The Kier molecular flexibility index (Phi) is 5.80. The van der Waals surface area contributed by atoms with Crippen LogP contribution in [0.25, 0.3) is 17.1 Å². The van der Waals surface area contributed by atoms with Gasteiger partial charge in [-0.05, 0) is 35.7 Å². The van der Waals surface area contributed by atoms with Crippen LogP contribution in [0.2, 0.25) is 0 Å². The Morgan fingerprint density at radius 3 is 2.59 bits per heavy atom. The van der Waals surface area contributed by atoms with Crippen molar-refractivity contribution in [3.05, 3.63) is 42.0 Å². The minimum absolute atomic E-state index is 0.0144. The van der Waals surface area contributed by atoms with Crippen LogP contribution in [0.1, 0.15) is 25.3 Å². The maximum atomic E-state index is 13.0. The van der Waals surface area contributed by atoms with Crippen LogP contribution in [0.15, 0.2) is 41.3 Å². The molecule has 170 valence electrons. The Morgan fingerprint density at radius 2 is 1.91 bits per heavy atom. The molecule has 0 bridgehead atoms. The van der Waals surface area contributed by atoms with E-state index in [2.05, 4.69) is 15.5 Å². The van der Waals surface area contributed by atoms with E-state index in [-0.39, 0.29) is 52.5 Å². The molecule has 2 aromatic carbocycles. The van der Waals surface area contributed by atoms with Crippen molar-refractivity contribution >= 4 is 9.84 Å². The summed E-state index contributed by atoms with van der Waals surface area (Å²) >= 11 is 0. The van der Waals surface area contributed by atoms with Crippen LogP contribution < -0.4 is 5.32 Å². The summed E-state index contributed by atoms with van der Waals surface area (Å²) in [6.45, 7) is 4.81. The molecule has 1 aliphatic heterocycles. The summed E-state index contributed by atoms with van der Waals surface area (Å²) in [5.74, 6) is -0.277. The first kappa shape index (κ1) is 22.1. The Hall–Kier alpha value is -3.15. The second-order valence-corrected chi connectivity index (χ2v) is 9.88. The van der Waals surface area contributed by atoms with Gasteiger partial charge < -0.3 is 25.4 Å². The van der Waals surface area contributed by atoms with Gasteiger partial charge in [-0.15, -0.1) is 5.10 Å². The number of phenols is 2. The van der Waals surface area contributed by atoms with Gasteiger partial charge in [0.2, 0.25) is 9.84 Å². The van der Waals surface area contributed by atoms with Crippen LogP contribution in [0.4, 0.5) is 0 Å². The molecule has 32 heavy (non-hydrogen) atoms. The predicted molar refractivity (Wildman–Crippen MR) is 116 cm³/mol. The fourth-order valence-electron chi connectivity index (χ4n) is 3.62. The van der Waals surface area contributed by atoms with Gasteiger partial charge in [0.15, 0.2) is 11.3 Å². The fourth-order valence-corrected chi connectivity index (χ4v) is 5.09. The SMILES string of the molecule is CC(C)c1cc(-c2nnc(O)n2-c2cccc(S(=O)(=O)C3CNCCO3)c2)c(O)cc1O. The van der Waals surface area contributed by atoms with E-state index < -0.39 is 21.3 Å². The number of morpholine rings is 1. The van der Waals surface area contributed by atoms with Crippen molar-refractivity contribution in [1.29, 1.82) is 0 Å². The van der Waals surface area contributed by atoms with Gasteiger partial charge in [-0.25, -0.2) is 13.0 Å². The highest BCUT2D eigenvalue weighted by atomic mass is 32.2. The summed E-state index contributed by atoms with van der Waals surface area (Å²) in [6, 6.07) is 8.26. The first-order chi connectivity index (χ1) is 15.2. The van der Waals surface area contributed by atoms with Crippen molar-refractivity contribution in [2.45, 2.75) is 30.1 Å². The van der Waals surface area contributed by atoms with Crippen LogP contribution >= 0.6 is 0 Å². The molecule has 0 saturated carbocycles. The van der Waals surface area contributed by atoms with Crippen LogP contribution in [-0.4, -0.2) is 63.6 Å². The van der Waals surface area contributed by atoms with E-state index in [0.29, 0.717) is 12.1 Å². The van der Waals surface area contributed by atoms with Gasteiger partial charge in [-0.1, -0.05) is 25.0 Å².